The van der Waals surface area contributed by atoms with E-state index in [9.17, 15) is 13.6 Å². The van der Waals surface area contributed by atoms with Gasteiger partial charge in [-0.05, 0) is 53.4 Å². The highest BCUT2D eigenvalue weighted by Crippen LogP contribution is 2.33. The van der Waals surface area contributed by atoms with Crippen LogP contribution in [-0.2, 0) is 9.47 Å². The second-order valence-corrected chi connectivity index (χ2v) is 12.3. The van der Waals surface area contributed by atoms with Crippen molar-refractivity contribution in [3.05, 3.63) is 24.0 Å². The number of rotatable bonds is 10. The van der Waals surface area contributed by atoms with Crippen LogP contribution in [0, 0.1) is 0 Å². The van der Waals surface area contributed by atoms with Crippen LogP contribution in [0.5, 0.6) is 11.8 Å². The monoisotopic (exact) mass is 632 g/mol. The molecule has 15 heteroatoms. The summed E-state index contributed by atoms with van der Waals surface area (Å²) in [4.78, 5) is 36.1. The number of anilines is 1. The number of amides is 1. The number of likely N-dealkylation sites (tertiary alicyclic amines) is 1. The second kappa shape index (κ2) is 14.1. The van der Waals surface area contributed by atoms with Gasteiger partial charge in [0, 0.05) is 45.6 Å². The Morgan fingerprint density at radius 3 is 2.42 bits per heavy atom. The molecule has 0 unspecified atom stereocenters. The zero-order valence-corrected chi connectivity index (χ0v) is 26.5. The zero-order valence-electron chi connectivity index (χ0n) is 26.5. The summed E-state index contributed by atoms with van der Waals surface area (Å²) in [5.41, 5.74) is 0.0870. The van der Waals surface area contributed by atoms with Crippen molar-refractivity contribution in [1.29, 1.82) is 0 Å². The average Bonchev–Trinajstić information content (AvgIpc) is 3.40. The molecule has 2 saturated heterocycles. The van der Waals surface area contributed by atoms with Crippen LogP contribution in [0.1, 0.15) is 52.3 Å². The van der Waals surface area contributed by atoms with Gasteiger partial charge in [-0.1, -0.05) is 6.07 Å². The van der Waals surface area contributed by atoms with Crippen molar-refractivity contribution >= 4 is 23.1 Å². The predicted molar refractivity (Wildman–Crippen MR) is 163 cm³/mol. The third-order valence-corrected chi connectivity index (χ3v) is 7.33. The molecule has 0 bridgehead atoms. The summed E-state index contributed by atoms with van der Waals surface area (Å²) < 4.78 is 53.4. The van der Waals surface area contributed by atoms with Crippen molar-refractivity contribution in [2.24, 2.45) is 0 Å². The second-order valence-electron chi connectivity index (χ2n) is 12.3. The maximum absolute atomic E-state index is 14.5. The standard InChI is InChI=1S/C30H42F2N8O5/c1-30(2,3)45-29(41)39-13-10-20(11-14-39)44-28-35-26(38-15-18-42-19-16-38)34-27(36-28)40-21-8-6-9-22(43-17-7-12-37(4)5)23(21)33-25(40)24(31)32/h6,8-9,20,24H,7,10-19H2,1-5H3. The SMILES string of the molecule is CN(C)CCCOc1cccc2c1nc(C(F)F)n2-c1nc(OC2CCN(C(=O)OC(C)(C)C)CC2)nc(N2CCOCC2)n1. The van der Waals surface area contributed by atoms with Crippen LogP contribution < -0.4 is 14.4 Å². The molecule has 2 aromatic heterocycles. The van der Waals surface area contributed by atoms with Gasteiger partial charge < -0.3 is 33.6 Å². The number of ether oxygens (including phenoxy) is 4. The van der Waals surface area contributed by atoms with Gasteiger partial charge in [0.05, 0.1) is 25.3 Å². The molecular weight excluding hydrogens is 590 g/mol. The summed E-state index contributed by atoms with van der Waals surface area (Å²) in [5.74, 6) is 0.158. The maximum Gasteiger partial charge on any atom is 0.410 e. The Morgan fingerprint density at radius 1 is 1.04 bits per heavy atom. The normalized spacial score (nSPS) is 16.6. The van der Waals surface area contributed by atoms with Crippen molar-refractivity contribution in [3.63, 3.8) is 0 Å². The topological polar surface area (TPSA) is 120 Å². The van der Waals surface area contributed by atoms with E-state index in [1.54, 1.807) is 23.1 Å². The van der Waals surface area contributed by atoms with E-state index in [4.69, 9.17) is 18.9 Å². The van der Waals surface area contributed by atoms with E-state index in [1.807, 2.05) is 44.7 Å². The van der Waals surface area contributed by atoms with E-state index in [1.165, 1.54) is 4.57 Å². The minimum absolute atomic E-state index is 0.00960. The van der Waals surface area contributed by atoms with Crippen molar-refractivity contribution < 1.29 is 32.5 Å². The number of morpholine rings is 1. The number of halogens is 2. The molecule has 0 aliphatic carbocycles. The fourth-order valence-corrected chi connectivity index (χ4v) is 5.15. The fraction of sp³-hybridized carbons (Fsp3) is 0.633. The molecule has 0 saturated carbocycles. The third-order valence-electron chi connectivity index (χ3n) is 7.33. The Morgan fingerprint density at radius 2 is 1.76 bits per heavy atom. The highest BCUT2D eigenvalue weighted by molar-refractivity contribution is 5.84. The molecule has 3 aromatic rings. The third kappa shape index (κ3) is 8.25. The van der Waals surface area contributed by atoms with Crippen LogP contribution in [0.4, 0.5) is 19.5 Å². The number of carbonyl (C=O) groups excluding carboxylic acids is 1. The predicted octanol–water partition coefficient (Wildman–Crippen LogP) is 4.09. The van der Waals surface area contributed by atoms with Gasteiger partial charge in [0.15, 0.2) is 5.82 Å². The molecule has 2 aliphatic rings. The number of piperidine rings is 1. The van der Waals surface area contributed by atoms with E-state index in [0.717, 1.165) is 13.0 Å². The number of nitrogens with zero attached hydrogens (tertiary/aromatic N) is 8. The number of fused-ring (bicyclic) bond motifs is 1. The number of hydrogen-bond donors (Lipinski definition) is 0. The molecule has 4 heterocycles. The first-order chi connectivity index (χ1) is 21.5. The molecule has 0 atom stereocenters. The van der Waals surface area contributed by atoms with E-state index in [2.05, 4.69) is 19.9 Å². The van der Waals surface area contributed by atoms with Crippen LogP contribution in [-0.4, -0.2) is 119 Å². The van der Waals surface area contributed by atoms with Crippen LogP contribution in [0.3, 0.4) is 0 Å². The quantitative estimate of drug-likeness (QED) is 0.301. The van der Waals surface area contributed by atoms with Gasteiger partial charge in [-0.2, -0.15) is 15.0 Å². The van der Waals surface area contributed by atoms with Gasteiger partial charge in [-0.3, -0.25) is 4.57 Å². The Kier molecular flexibility index (Phi) is 10.2. The number of aromatic nitrogens is 5. The maximum atomic E-state index is 14.5. The Hall–Kier alpha value is -3.85. The van der Waals surface area contributed by atoms with Crippen molar-refractivity contribution in [2.45, 2.75) is 58.2 Å². The van der Waals surface area contributed by atoms with Crippen LogP contribution in [0.2, 0.25) is 0 Å². The number of benzene rings is 1. The summed E-state index contributed by atoms with van der Waals surface area (Å²) in [6.45, 7) is 9.59. The smallest absolute Gasteiger partial charge is 0.410 e. The fourth-order valence-electron chi connectivity index (χ4n) is 5.15. The van der Waals surface area contributed by atoms with Crippen molar-refractivity contribution in [3.8, 4) is 17.7 Å². The first-order valence-electron chi connectivity index (χ1n) is 15.3. The van der Waals surface area contributed by atoms with Gasteiger partial charge in [0.25, 0.3) is 6.43 Å². The molecule has 1 aromatic carbocycles. The van der Waals surface area contributed by atoms with E-state index < -0.39 is 17.9 Å². The molecule has 0 spiro atoms. The van der Waals surface area contributed by atoms with Gasteiger partial charge in [-0.25, -0.2) is 18.6 Å². The number of para-hydroxylation sites is 1. The molecule has 2 fully saturated rings. The Bertz CT molecular complexity index is 1450. The Balaban J connectivity index is 1.44. The summed E-state index contributed by atoms with van der Waals surface area (Å²) in [6.07, 6.45) is -1.77. The molecule has 0 radical (unpaired) electrons. The van der Waals surface area contributed by atoms with Crippen LogP contribution in [0.15, 0.2) is 18.2 Å². The van der Waals surface area contributed by atoms with Crippen molar-refractivity contribution in [1.82, 2.24) is 34.3 Å². The van der Waals surface area contributed by atoms with Crippen LogP contribution >= 0.6 is 0 Å². The summed E-state index contributed by atoms with van der Waals surface area (Å²) in [6, 6.07) is 5.15. The highest BCUT2D eigenvalue weighted by atomic mass is 19.3. The molecule has 13 nitrogen and oxygen atoms in total. The van der Waals surface area contributed by atoms with Crippen molar-refractivity contribution in [2.75, 3.05) is 71.5 Å². The minimum Gasteiger partial charge on any atom is -0.491 e. The highest BCUT2D eigenvalue weighted by Gasteiger charge is 2.30. The van der Waals surface area contributed by atoms with Gasteiger partial charge in [0.2, 0.25) is 11.9 Å². The summed E-state index contributed by atoms with van der Waals surface area (Å²) in [7, 11) is 3.95. The number of imidazole rings is 1. The van der Waals surface area contributed by atoms with E-state index in [-0.39, 0.29) is 24.2 Å². The molecule has 2 aliphatic heterocycles. The number of carbonyl (C=O) groups is 1. The lowest BCUT2D eigenvalue weighted by atomic mass is 10.1. The molecule has 246 valence electrons. The molecule has 45 heavy (non-hydrogen) atoms. The zero-order chi connectivity index (χ0) is 32.1. The largest absolute Gasteiger partial charge is 0.491 e. The lowest BCUT2D eigenvalue weighted by molar-refractivity contribution is 0.0118. The average molecular weight is 633 g/mol. The molecular formula is C30H42F2N8O5. The first-order valence-corrected chi connectivity index (χ1v) is 15.3. The Labute approximate surface area is 261 Å². The summed E-state index contributed by atoms with van der Waals surface area (Å²) >= 11 is 0. The van der Waals surface area contributed by atoms with Gasteiger partial charge in [0.1, 0.15) is 23.0 Å². The lowest BCUT2D eigenvalue weighted by Gasteiger charge is -2.33. The van der Waals surface area contributed by atoms with E-state index in [0.29, 0.717) is 81.6 Å². The number of alkyl halides is 2. The molecule has 1 amide bonds. The molecule has 0 N–H and O–H groups in total. The van der Waals surface area contributed by atoms with Gasteiger partial charge in [-0.15, -0.1) is 0 Å². The van der Waals surface area contributed by atoms with E-state index >= 15 is 0 Å². The van der Waals surface area contributed by atoms with Gasteiger partial charge >= 0.3 is 12.1 Å². The lowest BCUT2D eigenvalue weighted by Crippen LogP contribution is -2.44. The first kappa shape index (κ1) is 32.5. The molecule has 5 rings (SSSR count). The number of hydrogen-bond acceptors (Lipinski definition) is 11. The minimum atomic E-state index is -2.91. The summed E-state index contributed by atoms with van der Waals surface area (Å²) in [5, 5.41) is 0. The van der Waals surface area contributed by atoms with Crippen LogP contribution in [0.25, 0.3) is 17.0 Å².